The molecule has 2 nitrogen and oxygen atoms in total. The average Bonchev–Trinajstić information content (AvgIpc) is 2.03. The van der Waals surface area contributed by atoms with E-state index in [-0.39, 0.29) is 11.5 Å². The van der Waals surface area contributed by atoms with E-state index < -0.39 is 5.60 Å². The van der Waals surface area contributed by atoms with Crippen LogP contribution in [0.4, 0.5) is 0 Å². The molecule has 3 heteroatoms. The second kappa shape index (κ2) is 5.35. The quantitative estimate of drug-likeness (QED) is 0.761. The molecule has 0 aromatic heterocycles. The molecule has 80 valence electrons. The molecule has 0 saturated carbocycles. The summed E-state index contributed by atoms with van der Waals surface area (Å²) in [4.78, 5) is 0. The lowest BCUT2D eigenvalue weighted by Crippen LogP contribution is -2.20. The summed E-state index contributed by atoms with van der Waals surface area (Å²) >= 11 is 6.13. The predicted molar refractivity (Wildman–Crippen MR) is 61.0 cm³/mol. The molecule has 1 aromatic rings. The molecule has 4 N–H and O–H groups in total. The van der Waals surface area contributed by atoms with Gasteiger partial charge in [0.25, 0.3) is 0 Å². The summed E-state index contributed by atoms with van der Waals surface area (Å²) in [5.41, 5.74) is 0.355. The van der Waals surface area contributed by atoms with Gasteiger partial charge in [0.2, 0.25) is 0 Å². The zero-order valence-corrected chi connectivity index (χ0v) is 9.46. The lowest BCUT2D eigenvalue weighted by Gasteiger charge is -2.20. The number of rotatable bonds is 3. The number of benzene rings is 1. The van der Waals surface area contributed by atoms with Gasteiger partial charge in [-0.15, -0.1) is 11.6 Å². The molecule has 0 saturated heterocycles. The van der Waals surface area contributed by atoms with Crippen molar-refractivity contribution >= 4 is 11.6 Å². The van der Waals surface area contributed by atoms with Gasteiger partial charge >= 0.3 is 0 Å². The molecule has 0 heterocycles. The molecule has 0 aliphatic carbocycles. The van der Waals surface area contributed by atoms with E-state index in [0.717, 1.165) is 5.56 Å². The maximum absolute atomic E-state index is 9.56. The first-order valence-electron chi connectivity index (χ1n) is 4.40. The summed E-state index contributed by atoms with van der Waals surface area (Å²) in [6.45, 7) is 3.54. The molecule has 0 spiro atoms. The fraction of sp³-hybridized carbons (Fsp3) is 0.455. The second-order valence-electron chi connectivity index (χ2n) is 3.89. The van der Waals surface area contributed by atoms with Crippen LogP contribution in [-0.2, 0) is 0 Å². The van der Waals surface area contributed by atoms with Crippen LogP contribution in [0.15, 0.2) is 30.3 Å². The molecule has 1 unspecified atom stereocenters. The van der Waals surface area contributed by atoms with E-state index in [9.17, 15) is 5.11 Å². The highest BCUT2D eigenvalue weighted by atomic mass is 35.5. The van der Waals surface area contributed by atoms with E-state index in [0.29, 0.717) is 6.42 Å². The van der Waals surface area contributed by atoms with E-state index in [1.165, 1.54) is 0 Å². The summed E-state index contributed by atoms with van der Waals surface area (Å²) in [6, 6.07) is 9.81. The Bertz CT molecular complexity index is 256. The Balaban J connectivity index is 0.00000169. The Labute approximate surface area is 90.5 Å². The third-order valence-electron chi connectivity index (χ3n) is 1.84. The van der Waals surface area contributed by atoms with Gasteiger partial charge in [-0.3, -0.25) is 0 Å². The highest BCUT2D eigenvalue weighted by Gasteiger charge is 2.19. The molecule has 1 aromatic carbocycles. The minimum atomic E-state index is -0.706. The van der Waals surface area contributed by atoms with E-state index in [1.807, 2.05) is 30.3 Å². The van der Waals surface area contributed by atoms with Crippen LogP contribution in [0.1, 0.15) is 31.2 Å². The molecule has 1 rings (SSSR count). The van der Waals surface area contributed by atoms with Gasteiger partial charge in [0.1, 0.15) is 0 Å². The van der Waals surface area contributed by atoms with Gasteiger partial charge in [-0.05, 0) is 25.8 Å². The molecule has 0 bridgehead atoms. The Morgan fingerprint density at radius 2 is 1.79 bits per heavy atom. The maximum Gasteiger partial charge on any atom is 0.0612 e. The van der Waals surface area contributed by atoms with Crippen molar-refractivity contribution in [3.05, 3.63) is 35.9 Å². The van der Waals surface area contributed by atoms with Crippen molar-refractivity contribution in [3.8, 4) is 0 Å². The highest BCUT2D eigenvalue weighted by Crippen LogP contribution is 2.29. The van der Waals surface area contributed by atoms with Gasteiger partial charge in [-0.25, -0.2) is 0 Å². The predicted octanol–water partition coefficient (Wildman–Crippen LogP) is 3.29. The Morgan fingerprint density at radius 1 is 1.29 bits per heavy atom. The molecule has 0 amide bonds. The Hall–Kier alpha value is -0.570. The highest BCUT2D eigenvalue weighted by molar-refractivity contribution is 6.20. The third-order valence-corrected chi connectivity index (χ3v) is 2.25. The summed E-state index contributed by atoms with van der Waals surface area (Å²) in [5.74, 6) is 0. The zero-order valence-electron chi connectivity index (χ0n) is 8.70. The molecule has 0 radical (unpaired) electrons. The van der Waals surface area contributed by atoms with Crippen LogP contribution in [0.3, 0.4) is 0 Å². The largest absolute Gasteiger partial charge is 0.390 e. The van der Waals surface area contributed by atoms with E-state index in [2.05, 4.69) is 0 Å². The summed E-state index contributed by atoms with van der Waals surface area (Å²) in [5, 5.41) is 9.45. The normalized spacial score (nSPS) is 13.1. The van der Waals surface area contributed by atoms with E-state index in [4.69, 9.17) is 11.6 Å². The average molecular weight is 216 g/mol. The summed E-state index contributed by atoms with van der Waals surface area (Å²) in [6.07, 6.45) is 0.568. The first kappa shape index (κ1) is 13.4. The van der Waals surface area contributed by atoms with Crippen molar-refractivity contribution in [2.75, 3.05) is 0 Å². The molecule has 1 atom stereocenters. The smallest absolute Gasteiger partial charge is 0.0612 e. The van der Waals surface area contributed by atoms with E-state index in [1.54, 1.807) is 13.8 Å². The van der Waals surface area contributed by atoms with Gasteiger partial charge in [0, 0.05) is 0 Å². The van der Waals surface area contributed by atoms with Crippen LogP contribution in [0.25, 0.3) is 0 Å². The van der Waals surface area contributed by atoms with Crippen molar-refractivity contribution in [3.63, 3.8) is 0 Å². The fourth-order valence-electron chi connectivity index (χ4n) is 1.22. The van der Waals surface area contributed by atoms with Crippen molar-refractivity contribution < 1.29 is 5.11 Å². The van der Waals surface area contributed by atoms with Gasteiger partial charge in [-0.1, -0.05) is 30.3 Å². The summed E-state index contributed by atoms with van der Waals surface area (Å²) in [7, 11) is 0. The first-order chi connectivity index (χ1) is 5.99. The number of hydrogen-bond acceptors (Lipinski definition) is 2. The molecule has 14 heavy (non-hydrogen) atoms. The number of alkyl halides is 1. The Kier molecular flexibility index (Phi) is 5.13. The summed E-state index contributed by atoms with van der Waals surface area (Å²) < 4.78 is 0. The van der Waals surface area contributed by atoms with Crippen LogP contribution >= 0.6 is 11.6 Å². The Morgan fingerprint density at radius 3 is 2.21 bits per heavy atom. The molecule has 0 aliphatic heterocycles. The maximum atomic E-state index is 9.56. The first-order valence-corrected chi connectivity index (χ1v) is 4.84. The van der Waals surface area contributed by atoms with Gasteiger partial charge < -0.3 is 11.3 Å². The number of aliphatic hydroxyl groups is 1. The van der Waals surface area contributed by atoms with Crippen LogP contribution in [0, 0.1) is 0 Å². The molecule has 0 fully saturated rings. The van der Waals surface area contributed by atoms with Gasteiger partial charge in [-0.2, -0.15) is 0 Å². The van der Waals surface area contributed by atoms with Crippen molar-refractivity contribution in [2.45, 2.75) is 31.2 Å². The van der Waals surface area contributed by atoms with Gasteiger partial charge in [0.15, 0.2) is 0 Å². The van der Waals surface area contributed by atoms with Crippen LogP contribution in [-0.4, -0.2) is 10.7 Å². The molecular weight excluding hydrogens is 198 g/mol. The lowest BCUT2D eigenvalue weighted by molar-refractivity contribution is 0.0700. The monoisotopic (exact) mass is 215 g/mol. The SMILES string of the molecule is CC(C)(O)CC(Cl)c1ccccc1.N. The van der Waals surface area contributed by atoms with Crippen LogP contribution < -0.4 is 6.15 Å². The topological polar surface area (TPSA) is 55.2 Å². The number of hydrogen-bond donors (Lipinski definition) is 2. The van der Waals surface area contributed by atoms with Crippen molar-refractivity contribution in [2.24, 2.45) is 0 Å². The molecular formula is C11H18ClNO. The fourth-order valence-corrected chi connectivity index (χ4v) is 1.74. The molecule has 0 aliphatic rings. The van der Waals surface area contributed by atoms with Crippen molar-refractivity contribution in [1.29, 1.82) is 0 Å². The minimum absolute atomic E-state index is 0. The van der Waals surface area contributed by atoms with Crippen LogP contribution in [0.2, 0.25) is 0 Å². The van der Waals surface area contributed by atoms with Crippen LogP contribution in [0.5, 0.6) is 0 Å². The lowest BCUT2D eigenvalue weighted by atomic mass is 9.98. The minimum Gasteiger partial charge on any atom is -0.390 e. The zero-order chi connectivity index (χ0) is 9.90. The standard InChI is InChI=1S/C11H15ClO.H3N/c1-11(2,13)8-10(12)9-6-4-3-5-7-9;/h3-7,10,13H,8H2,1-2H3;1H3. The number of halogens is 1. The van der Waals surface area contributed by atoms with E-state index >= 15 is 0 Å². The van der Waals surface area contributed by atoms with Crippen molar-refractivity contribution in [1.82, 2.24) is 6.15 Å². The van der Waals surface area contributed by atoms with Gasteiger partial charge in [0.05, 0.1) is 11.0 Å². The third kappa shape index (κ3) is 4.61. The second-order valence-corrected chi connectivity index (χ2v) is 4.42.